The lowest BCUT2D eigenvalue weighted by molar-refractivity contribution is -0.143. The van der Waals surface area contributed by atoms with Crippen molar-refractivity contribution in [3.8, 4) is 5.75 Å². The summed E-state index contributed by atoms with van der Waals surface area (Å²) in [5, 5.41) is 24.5. The van der Waals surface area contributed by atoms with Crippen LogP contribution in [0.4, 0.5) is 0 Å². The first-order valence-corrected chi connectivity index (χ1v) is 14.3. The minimum Gasteiger partial charge on any atom is -0.508 e. The Hall–Kier alpha value is -3.57. The smallest absolute Gasteiger partial charge is 0.326 e. The summed E-state index contributed by atoms with van der Waals surface area (Å²) in [6.45, 7) is 0.379. The van der Waals surface area contributed by atoms with Gasteiger partial charge in [0.25, 0.3) is 0 Å². The highest BCUT2D eigenvalue weighted by atomic mass is 32.2. The van der Waals surface area contributed by atoms with E-state index >= 15 is 0 Å². The van der Waals surface area contributed by atoms with E-state index in [1.807, 2.05) is 36.6 Å². The van der Waals surface area contributed by atoms with Gasteiger partial charge in [0.15, 0.2) is 0 Å². The van der Waals surface area contributed by atoms with Crippen LogP contribution in [0, 0.1) is 0 Å². The molecule has 39 heavy (non-hydrogen) atoms. The third-order valence-electron chi connectivity index (χ3n) is 6.69. The molecular formula is C28H36N4O6S. The summed E-state index contributed by atoms with van der Waals surface area (Å²) in [4.78, 5) is 53.0. The normalized spacial score (nSPS) is 17.2. The van der Waals surface area contributed by atoms with Gasteiger partial charge < -0.3 is 31.5 Å². The largest absolute Gasteiger partial charge is 0.508 e. The molecule has 1 heterocycles. The Bertz CT molecular complexity index is 1130. The molecule has 1 aliphatic heterocycles. The molecule has 1 fully saturated rings. The van der Waals surface area contributed by atoms with Crippen molar-refractivity contribution >= 4 is 35.5 Å². The highest BCUT2D eigenvalue weighted by Gasteiger charge is 2.38. The zero-order chi connectivity index (χ0) is 28.4. The third-order valence-corrected chi connectivity index (χ3v) is 7.33. The molecule has 3 amide bonds. The Kier molecular flexibility index (Phi) is 11.2. The number of carboxylic acids is 1. The van der Waals surface area contributed by atoms with Crippen LogP contribution in [0.15, 0.2) is 54.6 Å². The number of thioether (sulfide) groups is 1. The minimum atomic E-state index is -1.16. The van der Waals surface area contributed by atoms with Gasteiger partial charge in [0.2, 0.25) is 17.7 Å². The highest BCUT2D eigenvalue weighted by Crippen LogP contribution is 2.20. The Morgan fingerprint density at radius 3 is 2.31 bits per heavy atom. The van der Waals surface area contributed by atoms with Gasteiger partial charge in [0.05, 0.1) is 6.04 Å². The predicted molar refractivity (Wildman–Crippen MR) is 149 cm³/mol. The minimum absolute atomic E-state index is 0.0544. The number of carbonyl (C=O) groups excluding carboxylic acids is 3. The summed E-state index contributed by atoms with van der Waals surface area (Å²) in [7, 11) is 0. The molecule has 2 aromatic rings. The maximum absolute atomic E-state index is 13.4. The number of aromatic hydroxyl groups is 1. The van der Waals surface area contributed by atoms with Crippen molar-refractivity contribution in [2.45, 2.75) is 56.3 Å². The molecule has 4 atom stereocenters. The van der Waals surface area contributed by atoms with Crippen molar-refractivity contribution in [3.63, 3.8) is 0 Å². The van der Waals surface area contributed by atoms with E-state index in [2.05, 4.69) is 10.6 Å². The fraction of sp³-hybridized carbons (Fsp3) is 0.429. The van der Waals surface area contributed by atoms with Gasteiger partial charge in [-0.25, -0.2) is 4.79 Å². The lowest BCUT2D eigenvalue weighted by atomic mass is 10.0. The summed E-state index contributed by atoms with van der Waals surface area (Å²) in [5.74, 6) is -2.04. The van der Waals surface area contributed by atoms with Crippen molar-refractivity contribution in [2.24, 2.45) is 5.73 Å². The molecule has 3 rings (SSSR count). The van der Waals surface area contributed by atoms with Crippen molar-refractivity contribution in [3.05, 3.63) is 65.7 Å². The number of rotatable bonds is 13. The average Bonchev–Trinajstić information content (AvgIpc) is 3.42. The number of nitrogens with one attached hydrogen (secondary N) is 2. The van der Waals surface area contributed by atoms with Gasteiger partial charge >= 0.3 is 5.97 Å². The Morgan fingerprint density at radius 2 is 1.67 bits per heavy atom. The average molecular weight is 557 g/mol. The maximum Gasteiger partial charge on any atom is 0.326 e. The SMILES string of the molecule is CSCCC(NC(=O)C(Cc1ccc(O)cc1)NC(=O)C1CCCN1C(=O)C(N)Cc1ccccc1)C(=O)O. The van der Waals surface area contributed by atoms with Crippen LogP contribution in [0.2, 0.25) is 0 Å². The maximum atomic E-state index is 13.4. The molecule has 6 N–H and O–H groups in total. The first-order chi connectivity index (χ1) is 18.7. The van der Waals surface area contributed by atoms with E-state index in [0.29, 0.717) is 37.1 Å². The van der Waals surface area contributed by atoms with E-state index in [1.54, 1.807) is 12.1 Å². The summed E-state index contributed by atoms with van der Waals surface area (Å²) in [5.41, 5.74) is 7.79. The quantitative estimate of drug-likeness (QED) is 0.247. The number of phenolic OH excluding ortho intramolecular Hbond substituents is 1. The highest BCUT2D eigenvalue weighted by molar-refractivity contribution is 7.98. The second-order valence-electron chi connectivity index (χ2n) is 9.60. The summed E-state index contributed by atoms with van der Waals surface area (Å²) in [6.07, 6.45) is 3.52. The Morgan fingerprint density at radius 1 is 1.00 bits per heavy atom. The molecule has 0 radical (unpaired) electrons. The van der Waals surface area contributed by atoms with E-state index in [9.17, 15) is 29.4 Å². The molecule has 0 saturated carbocycles. The van der Waals surface area contributed by atoms with Crippen molar-refractivity contribution in [2.75, 3.05) is 18.6 Å². The topological polar surface area (TPSA) is 162 Å². The molecular weight excluding hydrogens is 520 g/mol. The lowest BCUT2D eigenvalue weighted by Crippen LogP contribution is -2.57. The van der Waals surface area contributed by atoms with Gasteiger partial charge in [-0.2, -0.15) is 11.8 Å². The number of nitrogens with zero attached hydrogens (tertiary/aromatic N) is 1. The van der Waals surface area contributed by atoms with E-state index < -0.39 is 42.0 Å². The molecule has 1 aliphatic rings. The molecule has 0 aromatic heterocycles. The number of hydrogen-bond acceptors (Lipinski definition) is 7. The van der Waals surface area contributed by atoms with Crippen LogP contribution in [0.25, 0.3) is 0 Å². The van der Waals surface area contributed by atoms with Gasteiger partial charge in [-0.3, -0.25) is 14.4 Å². The zero-order valence-corrected chi connectivity index (χ0v) is 22.7. The second kappa shape index (κ2) is 14.5. The third kappa shape index (κ3) is 8.72. The molecule has 210 valence electrons. The fourth-order valence-corrected chi connectivity index (χ4v) is 5.05. The van der Waals surface area contributed by atoms with Crippen molar-refractivity contribution in [1.82, 2.24) is 15.5 Å². The number of carboxylic acid groups (broad SMARTS) is 1. The number of benzene rings is 2. The molecule has 1 saturated heterocycles. The van der Waals surface area contributed by atoms with Gasteiger partial charge in [-0.15, -0.1) is 0 Å². The second-order valence-corrected chi connectivity index (χ2v) is 10.6. The van der Waals surface area contributed by atoms with Crippen molar-refractivity contribution < 1.29 is 29.4 Å². The van der Waals surface area contributed by atoms with Crippen LogP contribution in [0.3, 0.4) is 0 Å². The van der Waals surface area contributed by atoms with E-state index in [1.165, 1.54) is 28.8 Å². The van der Waals surface area contributed by atoms with Crippen LogP contribution in [-0.2, 0) is 32.0 Å². The summed E-state index contributed by atoms with van der Waals surface area (Å²) in [6, 6.07) is 11.8. The number of amides is 3. The van der Waals surface area contributed by atoms with E-state index in [0.717, 1.165) is 5.56 Å². The predicted octanol–water partition coefficient (Wildman–Crippen LogP) is 1.30. The van der Waals surface area contributed by atoms with Crippen LogP contribution in [0.5, 0.6) is 5.75 Å². The monoisotopic (exact) mass is 556 g/mol. The van der Waals surface area contributed by atoms with Crippen LogP contribution in [0.1, 0.15) is 30.4 Å². The van der Waals surface area contributed by atoms with Gasteiger partial charge in [-0.1, -0.05) is 42.5 Å². The fourth-order valence-electron chi connectivity index (χ4n) is 4.58. The number of nitrogens with two attached hydrogens (primary N) is 1. The molecule has 0 spiro atoms. The summed E-state index contributed by atoms with van der Waals surface area (Å²) >= 11 is 1.46. The van der Waals surface area contributed by atoms with Gasteiger partial charge in [0.1, 0.15) is 23.9 Å². The molecule has 10 nitrogen and oxygen atoms in total. The summed E-state index contributed by atoms with van der Waals surface area (Å²) < 4.78 is 0. The van der Waals surface area contributed by atoms with E-state index in [4.69, 9.17) is 5.73 Å². The van der Waals surface area contributed by atoms with Gasteiger partial charge in [-0.05, 0) is 61.0 Å². The lowest BCUT2D eigenvalue weighted by Gasteiger charge is -2.29. The van der Waals surface area contributed by atoms with Crippen molar-refractivity contribution in [1.29, 1.82) is 0 Å². The van der Waals surface area contributed by atoms with E-state index in [-0.39, 0.29) is 24.5 Å². The molecule has 2 aromatic carbocycles. The number of phenols is 1. The number of aliphatic carboxylic acids is 1. The van der Waals surface area contributed by atoms with Crippen LogP contribution < -0.4 is 16.4 Å². The van der Waals surface area contributed by atoms with Crippen LogP contribution >= 0.6 is 11.8 Å². The Balaban J connectivity index is 1.73. The number of carbonyl (C=O) groups is 4. The van der Waals surface area contributed by atoms with Gasteiger partial charge in [0, 0.05) is 13.0 Å². The first-order valence-electron chi connectivity index (χ1n) is 12.9. The van der Waals surface area contributed by atoms with Crippen LogP contribution in [-0.4, -0.2) is 81.5 Å². The molecule has 0 bridgehead atoms. The Labute approximate surface area is 232 Å². The number of likely N-dealkylation sites (tertiary alicyclic amines) is 1. The first kappa shape index (κ1) is 30.0. The molecule has 11 heteroatoms. The number of hydrogen-bond donors (Lipinski definition) is 5. The molecule has 0 aliphatic carbocycles. The zero-order valence-electron chi connectivity index (χ0n) is 21.9. The molecule has 4 unspecified atom stereocenters. The standard InChI is InChI=1S/C28H36N4O6S/c1-39-15-13-22(28(37)38)30-25(34)23(17-19-9-11-20(33)12-10-19)31-26(35)24-8-5-14-32(24)27(36)21(29)16-18-6-3-2-4-7-18/h2-4,6-7,9-12,21-24,33H,5,8,13-17,29H2,1H3,(H,30,34)(H,31,35)(H,37,38).